The minimum absolute atomic E-state index is 0.174. The summed E-state index contributed by atoms with van der Waals surface area (Å²) >= 11 is 0. The maximum Gasteiger partial charge on any atom is 0.105 e. The number of rotatable bonds is 9. The van der Waals surface area contributed by atoms with Crippen molar-refractivity contribution in [2.75, 3.05) is 19.4 Å². The Kier molecular flexibility index (Phi) is 7.96. The molecule has 0 spiro atoms. The Hall–Kier alpha value is -0.200. The quantitative estimate of drug-likeness (QED) is 0.473. The van der Waals surface area contributed by atoms with Crippen molar-refractivity contribution in [2.45, 2.75) is 72.1 Å². The van der Waals surface area contributed by atoms with Crippen molar-refractivity contribution in [1.82, 2.24) is 4.67 Å². The van der Waals surface area contributed by atoms with E-state index >= 15 is 0 Å². The first kappa shape index (κ1) is 17.2. The van der Waals surface area contributed by atoms with Crippen molar-refractivity contribution in [3.8, 4) is 6.07 Å². The van der Waals surface area contributed by atoms with Gasteiger partial charge in [0.05, 0.1) is 26.6 Å². The first-order valence-electron chi connectivity index (χ1n) is 8.61. The number of hydrogen-bond donors (Lipinski definition) is 0. The van der Waals surface area contributed by atoms with Gasteiger partial charge in [0.25, 0.3) is 0 Å². The summed E-state index contributed by atoms with van der Waals surface area (Å²) in [5.74, 6) is 0.390. The molecule has 0 aromatic carbocycles. The fraction of sp³-hybridized carbons (Fsp3) is 0.938. The van der Waals surface area contributed by atoms with Crippen LogP contribution in [-0.4, -0.2) is 42.2 Å². The van der Waals surface area contributed by atoms with E-state index in [9.17, 15) is 0 Å². The molecule has 0 saturated carbocycles. The van der Waals surface area contributed by atoms with Crippen LogP contribution < -0.4 is 0 Å². The Morgan fingerprint density at radius 3 is 2.62 bits per heavy atom. The Bertz CT molecular complexity index is 355. The third-order valence-electron chi connectivity index (χ3n) is 3.76. The molecule has 5 heteroatoms. The summed E-state index contributed by atoms with van der Waals surface area (Å²) in [5.41, 5.74) is 0. The van der Waals surface area contributed by atoms with Gasteiger partial charge >= 0.3 is 0 Å². The van der Waals surface area contributed by atoms with Gasteiger partial charge in [0, 0.05) is 24.8 Å². The van der Waals surface area contributed by atoms with Crippen molar-refractivity contribution >= 4 is 8.30 Å². The van der Waals surface area contributed by atoms with E-state index in [-0.39, 0.29) is 6.10 Å². The monoisotopic (exact) mass is 316 g/mol. The Morgan fingerprint density at radius 1 is 1.43 bits per heavy atom. The van der Waals surface area contributed by atoms with Gasteiger partial charge in [0.2, 0.25) is 0 Å². The van der Waals surface area contributed by atoms with Crippen LogP contribution in [0.2, 0.25) is 0 Å². The second kappa shape index (κ2) is 9.74. The van der Waals surface area contributed by atoms with Gasteiger partial charge in [-0.25, -0.2) is 0 Å². The van der Waals surface area contributed by atoms with Crippen LogP contribution in [0.3, 0.4) is 0 Å². The average Bonchev–Trinajstić information content (AvgIpc) is 2.78. The molecule has 2 unspecified atom stereocenters. The molecule has 0 amide bonds. The minimum atomic E-state index is -0.758. The lowest BCUT2D eigenvalue weighted by Crippen LogP contribution is -2.35. The Labute approximate surface area is 133 Å². The molecule has 1 aliphatic heterocycles. The highest BCUT2D eigenvalue weighted by Crippen LogP contribution is 2.48. The molecule has 0 radical (unpaired) electrons. The molecular weight excluding hydrogens is 283 g/mol. The molecule has 4 atom stereocenters. The van der Waals surface area contributed by atoms with Crippen LogP contribution >= 0.6 is 8.30 Å². The smallest absolute Gasteiger partial charge is 0.105 e. The molecule has 122 valence electrons. The van der Waals surface area contributed by atoms with E-state index in [1.165, 1.54) is 0 Å². The molecule has 0 aromatic heterocycles. The fourth-order valence-electron chi connectivity index (χ4n) is 2.91. The summed E-state index contributed by atoms with van der Waals surface area (Å²) in [7, 11) is -0.758. The third-order valence-corrected chi connectivity index (χ3v) is 6.46. The maximum absolute atomic E-state index is 8.75. The van der Waals surface area contributed by atoms with Crippen molar-refractivity contribution in [2.24, 2.45) is 5.92 Å². The highest BCUT2D eigenvalue weighted by atomic mass is 31.2. The topological polar surface area (TPSA) is 45.5 Å². The van der Waals surface area contributed by atoms with Crippen LogP contribution in [0.5, 0.6) is 0 Å². The molecule has 21 heavy (non-hydrogen) atoms. The van der Waals surface area contributed by atoms with Gasteiger partial charge in [-0.15, -0.1) is 0 Å². The first-order chi connectivity index (χ1) is 10.4. The van der Waals surface area contributed by atoms with Crippen LogP contribution in [0.1, 0.15) is 55.3 Å². The van der Waals surface area contributed by atoms with E-state index < -0.39 is 14.9 Å². The predicted molar refractivity (Wildman–Crippen MR) is 88.2 cm³/mol. The molecule has 1 heterocycles. The Balaban J connectivity index is 2.78. The summed E-state index contributed by atoms with van der Waals surface area (Å²) in [6.45, 7) is 11.0. The summed E-state index contributed by atoms with van der Waals surface area (Å²) in [4.78, 5) is 0. The van der Waals surface area contributed by atoms with E-state index in [1.54, 1.807) is 0 Å². The zero-order chi connectivity index (χ0) is 16.7. The lowest BCUT2D eigenvalue weighted by atomic mass is 10.0. The van der Waals surface area contributed by atoms with Crippen molar-refractivity contribution in [3.05, 3.63) is 0 Å². The van der Waals surface area contributed by atoms with Gasteiger partial charge in [-0.05, 0) is 46.5 Å². The SMILES string of the molecule is [3H]C1C[C@H](CP(OCCC#N)N(C(C)C)C(C)C)[C@@H](CC)O1. The molecule has 0 aliphatic carbocycles. The minimum Gasteiger partial charge on any atom is -0.378 e. The number of hydrogen-bond acceptors (Lipinski definition) is 4. The normalized spacial score (nSPS) is 28.1. The summed E-state index contributed by atoms with van der Waals surface area (Å²) in [6, 6.07) is 2.96. The first-order valence-corrected chi connectivity index (χ1v) is 9.43. The molecule has 4 nitrogen and oxygen atoms in total. The van der Waals surface area contributed by atoms with Crippen LogP contribution in [0.25, 0.3) is 0 Å². The number of nitriles is 1. The second-order valence-electron chi connectivity index (χ2n) is 6.09. The zero-order valence-electron chi connectivity index (χ0n) is 15.1. The molecule has 0 bridgehead atoms. The summed E-state index contributed by atoms with van der Waals surface area (Å²) in [6.07, 6.45) is 3.29. The number of ether oxygens (including phenoxy) is 1. The second-order valence-corrected chi connectivity index (χ2v) is 7.88. The van der Waals surface area contributed by atoms with E-state index in [0.717, 1.165) is 19.0 Å². The Morgan fingerprint density at radius 2 is 2.10 bits per heavy atom. The number of nitrogens with zero attached hydrogens (tertiary/aromatic N) is 2. The van der Waals surface area contributed by atoms with Crippen LogP contribution in [0.15, 0.2) is 0 Å². The predicted octanol–water partition coefficient (Wildman–Crippen LogP) is 4.16. The molecular formula is C16H31N2O2P. The van der Waals surface area contributed by atoms with Crippen molar-refractivity contribution in [1.29, 1.82) is 5.26 Å². The van der Waals surface area contributed by atoms with Crippen LogP contribution in [-0.2, 0) is 9.26 Å². The van der Waals surface area contributed by atoms with Crippen LogP contribution in [0.4, 0.5) is 0 Å². The molecule has 0 N–H and O–H groups in total. The van der Waals surface area contributed by atoms with Gasteiger partial charge in [0.15, 0.2) is 0 Å². The van der Waals surface area contributed by atoms with Gasteiger partial charge < -0.3 is 9.26 Å². The van der Waals surface area contributed by atoms with Gasteiger partial charge in [-0.3, -0.25) is 4.67 Å². The van der Waals surface area contributed by atoms with E-state index in [0.29, 0.717) is 31.0 Å². The fourth-order valence-corrected chi connectivity index (χ4v) is 5.45. The van der Waals surface area contributed by atoms with Crippen molar-refractivity contribution < 1.29 is 10.6 Å². The molecule has 0 aromatic rings. The van der Waals surface area contributed by atoms with Gasteiger partial charge in [-0.2, -0.15) is 5.26 Å². The average molecular weight is 316 g/mol. The van der Waals surface area contributed by atoms with E-state index in [2.05, 4.69) is 45.4 Å². The van der Waals surface area contributed by atoms with Crippen LogP contribution in [0, 0.1) is 17.2 Å². The highest BCUT2D eigenvalue weighted by Gasteiger charge is 2.33. The lowest BCUT2D eigenvalue weighted by molar-refractivity contribution is 0.0908. The van der Waals surface area contributed by atoms with Gasteiger partial charge in [0.1, 0.15) is 8.30 Å². The largest absolute Gasteiger partial charge is 0.378 e. The maximum atomic E-state index is 8.75. The third kappa shape index (κ3) is 5.83. The standard InChI is InChI=1S/C16H31N2O2P/c1-6-16-15(8-11-19-16)12-21(20-10-7-9-17)18(13(2)3)14(4)5/h13-16H,6-8,10-12H2,1-5H3/t15-,16-,21?/m1/s1/i11T/t11?,15-,16-,21?. The zero-order valence-corrected chi connectivity index (χ0v) is 15.0. The lowest BCUT2D eigenvalue weighted by Gasteiger charge is -2.38. The molecule has 1 saturated heterocycles. The summed E-state index contributed by atoms with van der Waals surface area (Å²) < 4.78 is 22.1. The highest BCUT2D eigenvalue weighted by molar-refractivity contribution is 7.50. The molecule has 1 aliphatic rings. The van der Waals surface area contributed by atoms with Crippen molar-refractivity contribution in [3.63, 3.8) is 0 Å². The van der Waals surface area contributed by atoms with E-state index in [1.807, 2.05) is 0 Å². The molecule has 1 rings (SSSR count). The molecule has 1 fully saturated rings. The summed E-state index contributed by atoms with van der Waals surface area (Å²) in [5, 5.41) is 8.75. The van der Waals surface area contributed by atoms with E-state index in [4.69, 9.17) is 15.9 Å². The van der Waals surface area contributed by atoms with Gasteiger partial charge in [-0.1, -0.05) is 6.92 Å².